The van der Waals surface area contributed by atoms with E-state index < -0.39 is 0 Å². The van der Waals surface area contributed by atoms with E-state index in [0.29, 0.717) is 24.1 Å². The van der Waals surface area contributed by atoms with Crippen molar-refractivity contribution >= 4 is 40.3 Å². The molecule has 1 amide bonds. The van der Waals surface area contributed by atoms with Crippen molar-refractivity contribution in [3.63, 3.8) is 0 Å². The Kier molecular flexibility index (Phi) is 6.92. The van der Waals surface area contributed by atoms with Crippen LogP contribution in [0.1, 0.15) is 23.9 Å². The van der Waals surface area contributed by atoms with E-state index in [4.69, 9.17) is 25.4 Å². The summed E-state index contributed by atoms with van der Waals surface area (Å²) < 4.78 is 7.57. The number of nitrogens with two attached hydrogens (primary N) is 1. The minimum Gasteiger partial charge on any atom is -0.378 e. The zero-order valence-corrected chi connectivity index (χ0v) is 19.5. The van der Waals surface area contributed by atoms with Gasteiger partial charge in [0.05, 0.1) is 19.8 Å². The van der Waals surface area contributed by atoms with Crippen LogP contribution in [0.3, 0.4) is 0 Å². The molecule has 170 valence electrons. The monoisotopic (exact) mass is 455 g/mol. The van der Waals surface area contributed by atoms with Gasteiger partial charge in [-0.1, -0.05) is 30.8 Å². The van der Waals surface area contributed by atoms with Crippen molar-refractivity contribution in [1.82, 2.24) is 19.5 Å². The zero-order valence-electron chi connectivity index (χ0n) is 18.7. The summed E-state index contributed by atoms with van der Waals surface area (Å²) in [6.45, 7) is 6.96. The number of anilines is 2. The molecule has 2 aromatic heterocycles. The molecule has 3 N–H and O–H groups in total. The van der Waals surface area contributed by atoms with E-state index >= 15 is 0 Å². The fraction of sp³-hybridized carbons (Fsp3) is 0.455. The number of imidazole rings is 1. The summed E-state index contributed by atoms with van der Waals surface area (Å²) in [5, 5.41) is 3.56. The molecule has 0 unspecified atom stereocenters. The summed E-state index contributed by atoms with van der Waals surface area (Å²) >= 11 is 1.57. The van der Waals surface area contributed by atoms with E-state index in [9.17, 15) is 4.79 Å². The molecule has 0 radical (unpaired) electrons. The van der Waals surface area contributed by atoms with Crippen LogP contribution in [0.4, 0.5) is 11.5 Å². The summed E-state index contributed by atoms with van der Waals surface area (Å²) in [5.41, 5.74) is 9.98. The van der Waals surface area contributed by atoms with Gasteiger partial charge in [0.15, 0.2) is 22.1 Å². The van der Waals surface area contributed by atoms with Crippen LogP contribution in [0.25, 0.3) is 11.2 Å². The fourth-order valence-electron chi connectivity index (χ4n) is 3.69. The minimum absolute atomic E-state index is 0.0406. The van der Waals surface area contributed by atoms with Gasteiger partial charge in [0, 0.05) is 38.0 Å². The van der Waals surface area contributed by atoms with Crippen LogP contribution < -0.4 is 16.0 Å². The first-order valence-electron chi connectivity index (χ1n) is 10.8. The molecule has 32 heavy (non-hydrogen) atoms. The smallest absolute Gasteiger partial charge is 0.238 e. The predicted molar refractivity (Wildman–Crippen MR) is 127 cm³/mol. The number of nitrogens with one attached hydrogen (secondary N) is 1. The molecule has 10 heteroatoms. The molecule has 0 saturated carbocycles. The van der Waals surface area contributed by atoms with Crippen LogP contribution in [-0.2, 0) is 28.8 Å². The first-order valence-corrected chi connectivity index (χ1v) is 11.8. The van der Waals surface area contributed by atoms with Crippen molar-refractivity contribution in [2.24, 2.45) is 12.8 Å². The number of amides is 1. The first-order chi connectivity index (χ1) is 15.5. The van der Waals surface area contributed by atoms with Crippen LogP contribution in [0, 0.1) is 6.92 Å². The number of morpholine rings is 1. The molecular formula is C22H29N7O2S. The Balaban J connectivity index is 1.62. The van der Waals surface area contributed by atoms with E-state index in [-0.39, 0.29) is 12.5 Å². The average molecular weight is 456 g/mol. The maximum absolute atomic E-state index is 11.7. The molecule has 3 heterocycles. The summed E-state index contributed by atoms with van der Waals surface area (Å²) in [6.07, 6.45) is 0.832. The van der Waals surface area contributed by atoms with Crippen molar-refractivity contribution in [1.29, 1.82) is 0 Å². The van der Waals surface area contributed by atoms with E-state index in [0.717, 1.165) is 59.1 Å². The summed E-state index contributed by atoms with van der Waals surface area (Å²) in [6, 6.07) is 6.04. The van der Waals surface area contributed by atoms with Gasteiger partial charge >= 0.3 is 0 Å². The molecule has 1 aliphatic heterocycles. The second kappa shape index (κ2) is 9.85. The highest BCUT2D eigenvalue weighted by molar-refractivity contribution is 7.98. The Hall–Kier alpha value is -2.69. The van der Waals surface area contributed by atoms with E-state index in [1.807, 2.05) is 26.1 Å². The molecular weight excluding hydrogens is 426 g/mol. The number of hydrogen-bond acceptors (Lipinski definition) is 8. The fourth-order valence-corrected chi connectivity index (χ4v) is 4.47. The second-order valence-electron chi connectivity index (χ2n) is 7.73. The van der Waals surface area contributed by atoms with Gasteiger partial charge in [-0.25, -0.2) is 15.0 Å². The second-order valence-corrected chi connectivity index (χ2v) is 8.67. The molecule has 1 aliphatic rings. The third kappa shape index (κ3) is 4.72. The SMILES string of the molecule is CCc1nc2c(N3CCOCC3)nc(SCc3ccc(C)c(NC(=O)CN)c3)nc2n1C. The molecule has 1 fully saturated rings. The minimum atomic E-state index is -0.204. The van der Waals surface area contributed by atoms with Crippen molar-refractivity contribution in [2.75, 3.05) is 43.1 Å². The van der Waals surface area contributed by atoms with E-state index in [1.165, 1.54) is 0 Å². The van der Waals surface area contributed by atoms with Gasteiger partial charge in [-0.2, -0.15) is 0 Å². The maximum Gasteiger partial charge on any atom is 0.238 e. The van der Waals surface area contributed by atoms with Crippen molar-refractivity contribution in [2.45, 2.75) is 31.2 Å². The Morgan fingerprint density at radius 1 is 1.25 bits per heavy atom. The number of fused-ring (bicyclic) bond motifs is 1. The molecule has 1 aromatic carbocycles. The van der Waals surface area contributed by atoms with Crippen molar-refractivity contribution in [3.8, 4) is 0 Å². The maximum atomic E-state index is 11.7. The van der Waals surface area contributed by atoms with E-state index in [2.05, 4.69) is 27.8 Å². The first kappa shape index (κ1) is 22.5. The number of ether oxygens (including phenoxy) is 1. The average Bonchev–Trinajstić information content (AvgIpc) is 3.15. The zero-order chi connectivity index (χ0) is 22.7. The topological polar surface area (TPSA) is 111 Å². The number of aromatic nitrogens is 4. The van der Waals surface area contributed by atoms with Gasteiger partial charge in [0.1, 0.15) is 5.82 Å². The number of rotatable bonds is 7. The largest absolute Gasteiger partial charge is 0.378 e. The third-order valence-corrected chi connectivity index (χ3v) is 6.45. The highest BCUT2D eigenvalue weighted by atomic mass is 32.2. The van der Waals surface area contributed by atoms with Gasteiger partial charge < -0.3 is 25.3 Å². The lowest BCUT2D eigenvalue weighted by molar-refractivity contribution is -0.114. The number of carbonyl (C=O) groups excluding carboxylic acids is 1. The summed E-state index contributed by atoms with van der Waals surface area (Å²) in [4.78, 5) is 28.5. The van der Waals surface area contributed by atoms with Crippen molar-refractivity contribution < 1.29 is 9.53 Å². The van der Waals surface area contributed by atoms with Crippen LogP contribution in [0.2, 0.25) is 0 Å². The standard InChI is InChI=1S/C22H29N7O2S/c1-4-17-25-19-20(28(17)3)26-22(27-21(19)29-7-9-31-10-8-29)32-13-15-6-5-14(2)16(11-15)24-18(30)12-23/h5-6,11H,4,7-10,12-13,23H2,1-3H3,(H,24,30). The highest BCUT2D eigenvalue weighted by Gasteiger charge is 2.21. The van der Waals surface area contributed by atoms with Gasteiger partial charge in [0.25, 0.3) is 0 Å². The van der Waals surface area contributed by atoms with Crippen LogP contribution in [-0.4, -0.2) is 58.3 Å². The van der Waals surface area contributed by atoms with E-state index in [1.54, 1.807) is 11.8 Å². The predicted octanol–water partition coefficient (Wildman–Crippen LogP) is 2.26. The normalized spacial score (nSPS) is 14.2. The molecule has 4 rings (SSSR count). The molecule has 1 saturated heterocycles. The lowest BCUT2D eigenvalue weighted by atomic mass is 10.1. The molecule has 9 nitrogen and oxygen atoms in total. The number of aryl methyl sites for hydroxylation is 3. The molecule has 0 aliphatic carbocycles. The Morgan fingerprint density at radius 3 is 2.75 bits per heavy atom. The van der Waals surface area contributed by atoms with Gasteiger partial charge in [-0.05, 0) is 24.1 Å². The molecule has 0 spiro atoms. The van der Waals surface area contributed by atoms with Crippen LogP contribution in [0.15, 0.2) is 23.4 Å². The molecule has 3 aromatic rings. The van der Waals surface area contributed by atoms with Gasteiger partial charge in [-0.15, -0.1) is 0 Å². The number of benzene rings is 1. The van der Waals surface area contributed by atoms with Crippen LogP contribution >= 0.6 is 11.8 Å². The lowest BCUT2D eigenvalue weighted by Crippen LogP contribution is -2.37. The van der Waals surface area contributed by atoms with Gasteiger partial charge in [0.2, 0.25) is 5.91 Å². The quantitative estimate of drug-likeness (QED) is 0.412. The number of carbonyl (C=O) groups is 1. The highest BCUT2D eigenvalue weighted by Crippen LogP contribution is 2.30. The number of thioether (sulfide) groups is 1. The number of hydrogen-bond donors (Lipinski definition) is 2. The summed E-state index contributed by atoms with van der Waals surface area (Å²) in [7, 11) is 2.01. The van der Waals surface area contributed by atoms with Gasteiger partial charge in [-0.3, -0.25) is 4.79 Å². The molecule has 0 bridgehead atoms. The summed E-state index contributed by atoms with van der Waals surface area (Å²) in [5.74, 6) is 2.34. The Morgan fingerprint density at radius 2 is 2.03 bits per heavy atom. The Labute approximate surface area is 191 Å². The lowest BCUT2D eigenvalue weighted by Gasteiger charge is -2.28. The third-order valence-electron chi connectivity index (χ3n) is 5.53. The van der Waals surface area contributed by atoms with Crippen molar-refractivity contribution in [3.05, 3.63) is 35.2 Å². The number of nitrogens with zero attached hydrogens (tertiary/aromatic N) is 5. The Bertz CT molecular complexity index is 1130. The molecule has 0 atom stereocenters. The van der Waals surface area contributed by atoms with Crippen LogP contribution in [0.5, 0.6) is 0 Å².